The first-order valence-corrected chi connectivity index (χ1v) is 6.86. The highest BCUT2D eigenvalue weighted by atomic mass is 32.1. The van der Waals surface area contributed by atoms with Crippen LogP contribution in [0.2, 0.25) is 0 Å². The van der Waals surface area contributed by atoms with E-state index in [1.807, 2.05) is 6.92 Å². The Hall–Kier alpha value is -1.40. The molecular weight excluding hydrogens is 250 g/mol. The summed E-state index contributed by atoms with van der Waals surface area (Å²) in [4.78, 5) is 23.2. The zero-order chi connectivity index (χ0) is 13.4. The second-order valence-electron chi connectivity index (χ2n) is 3.94. The van der Waals surface area contributed by atoms with Crippen LogP contribution in [0.15, 0.2) is 11.4 Å². The Morgan fingerprint density at radius 3 is 2.78 bits per heavy atom. The van der Waals surface area contributed by atoms with Gasteiger partial charge >= 0.3 is 0 Å². The van der Waals surface area contributed by atoms with E-state index in [2.05, 4.69) is 10.6 Å². The minimum Gasteiger partial charge on any atom is -0.366 e. The van der Waals surface area contributed by atoms with Gasteiger partial charge in [0.1, 0.15) is 0 Å². The fourth-order valence-corrected chi connectivity index (χ4v) is 2.21. The van der Waals surface area contributed by atoms with Crippen molar-refractivity contribution in [3.63, 3.8) is 0 Å². The summed E-state index contributed by atoms with van der Waals surface area (Å²) >= 11 is 1.49. The lowest BCUT2D eigenvalue weighted by molar-refractivity contribution is -0.120. The second kappa shape index (κ2) is 7.84. The first-order valence-electron chi connectivity index (χ1n) is 5.98. The van der Waals surface area contributed by atoms with Crippen molar-refractivity contribution < 1.29 is 9.59 Å². The van der Waals surface area contributed by atoms with Crippen LogP contribution in [0.4, 0.5) is 0 Å². The SMILES string of the molecule is CCCNC(=O)CCNCc1cc(C(N)=O)cs1. The molecule has 0 bridgehead atoms. The predicted molar refractivity (Wildman–Crippen MR) is 72.5 cm³/mol. The highest BCUT2D eigenvalue weighted by Crippen LogP contribution is 2.13. The number of rotatable bonds is 8. The number of hydrogen-bond acceptors (Lipinski definition) is 4. The van der Waals surface area contributed by atoms with Gasteiger partial charge < -0.3 is 16.4 Å². The molecule has 0 unspecified atom stereocenters. The molecule has 6 heteroatoms. The van der Waals surface area contributed by atoms with Crippen LogP contribution in [0.3, 0.4) is 0 Å². The van der Waals surface area contributed by atoms with Crippen LogP contribution in [0.1, 0.15) is 35.0 Å². The molecule has 18 heavy (non-hydrogen) atoms. The van der Waals surface area contributed by atoms with Crippen LogP contribution >= 0.6 is 11.3 Å². The molecule has 1 heterocycles. The van der Waals surface area contributed by atoms with Crippen LogP contribution in [0.25, 0.3) is 0 Å². The molecule has 0 aromatic carbocycles. The van der Waals surface area contributed by atoms with Crippen LogP contribution < -0.4 is 16.4 Å². The lowest BCUT2D eigenvalue weighted by Gasteiger charge is -2.04. The molecule has 4 N–H and O–H groups in total. The minimum absolute atomic E-state index is 0.0633. The van der Waals surface area contributed by atoms with Crippen molar-refractivity contribution >= 4 is 23.2 Å². The molecule has 0 aliphatic heterocycles. The zero-order valence-corrected chi connectivity index (χ0v) is 11.3. The van der Waals surface area contributed by atoms with Gasteiger partial charge in [0.2, 0.25) is 11.8 Å². The van der Waals surface area contributed by atoms with E-state index >= 15 is 0 Å². The maximum atomic E-state index is 11.3. The Bertz CT molecular complexity index is 404. The molecule has 0 saturated heterocycles. The first-order chi connectivity index (χ1) is 8.63. The minimum atomic E-state index is -0.406. The lowest BCUT2D eigenvalue weighted by atomic mass is 10.3. The number of nitrogens with one attached hydrogen (secondary N) is 2. The summed E-state index contributed by atoms with van der Waals surface area (Å²) < 4.78 is 0. The van der Waals surface area contributed by atoms with Gasteiger partial charge in [-0.25, -0.2) is 0 Å². The molecule has 0 spiro atoms. The summed E-state index contributed by atoms with van der Waals surface area (Å²) in [5.74, 6) is -0.343. The number of nitrogens with two attached hydrogens (primary N) is 1. The van der Waals surface area contributed by atoms with Crippen LogP contribution in [0, 0.1) is 0 Å². The Balaban J connectivity index is 2.17. The smallest absolute Gasteiger partial charge is 0.249 e. The van der Waals surface area contributed by atoms with Crippen molar-refractivity contribution in [3.8, 4) is 0 Å². The number of amides is 2. The molecule has 1 aromatic heterocycles. The molecule has 100 valence electrons. The molecule has 1 rings (SSSR count). The summed E-state index contributed by atoms with van der Waals surface area (Å²) in [6.07, 6.45) is 1.41. The van der Waals surface area contributed by atoms with Gasteiger partial charge in [0.05, 0.1) is 5.56 Å². The van der Waals surface area contributed by atoms with E-state index in [9.17, 15) is 9.59 Å². The third kappa shape index (κ3) is 5.29. The van der Waals surface area contributed by atoms with Crippen LogP contribution in [0.5, 0.6) is 0 Å². The van der Waals surface area contributed by atoms with Gasteiger partial charge in [0, 0.05) is 36.3 Å². The molecule has 0 saturated carbocycles. The van der Waals surface area contributed by atoms with E-state index in [4.69, 9.17) is 5.73 Å². The van der Waals surface area contributed by atoms with Gasteiger partial charge in [-0.2, -0.15) is 0 Å². The second-order valence-corrected chi connectivity index (χ2v) is 4.94. The quantitative estimate of drug-likeness (QED) is 0.612. The summed E-state index contributed by atoms with van der Waals surface area (Å²) in [7, 11) is 0. The summed E-state index contributed by atoms with van der Waals surface area (Å²) in [5.41, 5.74) is 5.70. The summed E-state index contributed by atoms with van der Waals surface area (Å²) in [6, 6.07) is 1.77. The number of primary amides is 1. The molecule has 0 atom stereocenters. The van der Waals surface area contributed by atoms with E-state index in [0.717, 1.165) is 17.8 Å². The van der Waals surface area contributed by atoms with E-state index < -0.39 is 5.91 Å². The average molecular weight is 269 g/mol. The van der Waals surface area contributed by atoms with Crippen molar-refractivity contribution in [3.05, 3.63) is 21.9 Å². The Morgan fingerprint density at radius 2 is 2.17 bits per heavy atom. The molecule has 0 aliphatic rings. The van der Waals surface area contributed by atoms with Crippen LogP contribution in [-0.4, -0.2) is 24.9 Å². The first kappa shape index (κ1) is 14.7. The third-order valence-electron chi connectivity index (χ3n) is 2.34. The van der Waals surface area contributed by atoms with E-state index in [1.165, 1.54) is 11.3 Å². The zero-order valence-electron chi connectivity index (χ0n) is 10.5. The topological polar surface area (TPSA) is 84.2 Å². The number of thiophene rings is 1. The van der Waals surface area contributed by atoms with Gasteiger partial charge in [-0.15, -0.1) is 11.3 Å². The lowest BCUT2D eigenvalue weighted by Crippen LogP contribution is -2.27. The number of carbonyl (C=O) groups is 2. The molecule has 5 nitrogen and oxygen atoms in total. The Kier molecular flexibility index (Phi) is 6.38. The molecule has 0 fully saturated rings. The van der Waals surface area contributed by atoms with Crippen molar-refractivity contribution in [2.45, 2.75) is 26.3 Å². The van der Waals surface area contributed by atoms with E-state index in [1.54, 1.807) is 11.4 Å². The van der Waals surface area contributed by atoms with Gasteiger partial charge in [-0.3, -0.25) is 9.59 Å². The predicted octanol–water partition coefficient (Wildman–Crippen LogP) is 0.853. The fraction of sp³-hybridized carbons (Fsp3) is 0.500. The monoisotopic (exact) mass is 269 g/mol. The van der Waals surface area contributed by atoms with Crippen molar-refractivity contribution in [1.29, 1.82) is 0 Å². The normalized spacial score (nSPS) is 10.3. The van der Waals surface area contributed by atoms with Crippen molar-refractivity contribution in [2.24, 2.45) is 5.73 Å². The summed E-state index contributed by atoms with van der Waals surface area (Å²) in [5, 5.41) is 7.71. The van der Waals surface area contributed by atoms with Gasteiger partial charge in [-0.1, -0.05) is 6.92 Å². The van der Waals surface area contributed by atoms with Gasteiger partial charge in [0.25, 0.3) is 0 Å². The van der Waals surface area contributed by atoms with Gasteiger partial charge in [-0.05, 0) is 12.5 Å². The summed E-state index contributed by atoms with van der Waals surface area (Å²) in [6.45, 7) is 4.02. The van der Waals surface area contributed by atoms with E-state index in [0.29, 0.717) is 25.1 Å². The highest BCUT2D eigenvalue weighted by Gasteiger charge is 2.04. The largest absolute Gasteiger partial charge is 0.366 e. The molecule has 1 aromatic rings. The highest BCUT2D eigenvalue weighted by molar-refractivity contribution is 7.10. The van der Waals surface area contributed by atoms with Crippen molar-refractivity contribution in [1.82, 2.24) is 10.6 Å². The maximum absolute atomic E-state index is 11.3. The Morgan fingerprint density at radius 1 is 1.39 bits per heavy atom. The molecular formula is C12H19N3O2S. The molecule has 2 amide bonds. The molecule has 0 radical (unpaired) electrons. The standard InChI is InChI=1S/C12H19N3O2S/c1-2-4-15-11(16)3-5-14-7-10-6-9(8-18-10)12(13)17/h6,8,14H,2-5,7H2,1H3,(H2,13,17)(H,15,16). The van der Waals surface area contributed by atoms with Gasteiger partial charge in [0.15, 0.2) is 0 Å². The molecule has 0 aliphatic carbocycles. The van der Waals surface area contributed by atoms with E-state index in [-0.39, 0.29) is 5.91 Å². The fourth-order valence-electron chi connectivity index (χ4n) is 1.37. The van der Waals surface area contributed by atoms with Crippen LogP contribution in [-0.2, 0) is 11.3 Å². The number of carbonyl (C=O) groups excluding carboxylic acids is 2. The third-order valence-corrected chi connectivity index (χ3v) is 3.28. The number of hydrogen-bond donors (Lipinski definition) is 3. The van der Waals surface area contributed by atoms with Crippen molar-refractivity contribution in [2.75, 3.05) is 13.1 Å². The maximum Gasteiger partial charge on any atom is 0.249 e. The Labute approximate surface area is 111 Å². The average Bonchev–Trinajstić information content (AvgIpc) is 2.81.